The molecule has 5 heteroatoms. The lowest BCUT2D eigenvalue weighted by Gasteiger charge is -2.31. The molecule has 1 saturated heterocycles. The van der Waals surface area contributed by atoms with Gasteiger partial charge in [-0.1, -0.05) is 30.3 Å². The van der Waals surface area contributed by atoms with E-state index in [0.29, 0.717) is 17.9 Å². The highest BCUT2D eigenvalue weighted by molar-refractivity contribution is 6.09. The van der Waals surface area contributed by atoms with Gasteiger partial charge in [0.25, 0.3) is 5.91 Å². The third-order valence-corrected chi connectivity index (χ3v) is 4.23. The van der Waals surface area contributed by atoms with Crippen LogP contribution in [0.2, 0.25) is 0 Å². The monoisotopic (exact) mass is 334 g/mol. The topological polar surface area (TPSA) is 55.6 Å². The van der Waals surface area contributed by atoms with Crippen LogP contribution in [0.3, 0.4) is 0 Å². The molecule has 4 nitrogen and oxygen atoms in total. The van der Waals surface area contributed by atoms with E-state index in [1.54, 1.807) is 0 Å². The molecule has 3 rings (SSSR count). The molecule has 0 aromatic heterocycles. The lowest BCUT2D eigenvalue weighted by molar-refractivity contribution is 0.0713. The predicted molar refractivity (Wildman–Crippen MR) is 95.5 cm³/mol. The Morgan fingerprint density at radius 3 is 2.61 bits per heavy atom. The third-order valence-electron chi connectivity index (χ3n) is 4.23. The fourth-order valence-electron chi connectivity index (χ4n) is 3.01. The summed E-state index contributed by atoms with van der Waals surface area (Å²) in [6.45, 7) is 3.91. The first kappa shape index (κ1) is 17.6. The standard InChI is InChI=1S/C18H22N2O2.ClH/c1-2-22-16-8-7-13-5-3-4-6-15(13)17(16)18(21)20-11-9-14(19)10-12-20;/h3-8,14H,2,9-12,19H2,1H3;1H. The molecule has 2 aromatic rings. The first-order valence-electron chi connectivity index (χ1n) is 7.90. The van der Waals surface area contributed by atoms with Crippen molar-refractivity contribution in [2.75, 3.05) is 19.7 Å². The first-order chi connectivity index (χ1) is 10.7. The number of halogens is 1. The van der Waals surface area contributed by atoms with E-state index in [1.165, 1.54) is 0 Å². The number of piperidine rings is 1. The molecule has 1 aliphatic heterocycles. The van der Waals surface area contributed by atoms with E-state index in [4.69, 9.17) is 10.5 Å². The maximum absolute atomic E-state index is 13.0. The highest BCUT2D eigenvalue weighted by Gasteiger charge is 2.25. The van der Waals surface area contributed by atoms with Gasteiger partial charge in [0.05, 0.1) is 12.2 Å². The Balaban J connectivity index is 0.00000192. The van der Waals surface area contributed by atoms with E-state index in [9.17, 15) is 4.79 Å². The van der Waals surface area contributed by atoms with Gasteiger partial charge in [-0.05, 0) is 36.6 Å². The van der Waals surface area contributed by atoms with Crippen LogP contribution in [0.4, 0.5) is 0 Å². The summed E-state index contributed by atoms with van der Waals surface area (Å²) in [6, 6.07) is 12.1. The molecular formula is C18H23ClN2O2. The zero-order valence-corrected chi connectivity index (χ0v) is 14.1. The zero-order valence-electron chi connectivity index (χ0n) is 13.3. The SMILES string of the molecule is CCOc1ccc2ccccc2c1C(=O)N1CCC(N)CC1.Cl. The summed E-state index contributed by atoms with van der Waals surface area (Å²) in [5.74, 6) is 0.716. The van der Waals surface area contributed by atoms with Gasteiger partial charge in [-0.15, -0.1) is 12.4 Å². The minimum atomic E-state index is 0. The number of carbonyl (C=O) groups is 1. The van der Waals surface area contributed by atoms with E-state index in [2.05, 4.69) is 0 Å². The van der Waals surface area contributed by atoms with Gasteiger partial charge in [0.15, 0.2) is 0 Å². The Bertz CT molecular complexity index is 682. The smallest absolute Gasteiger partial charge is 0.258 e. The van der Waals surface area contributed by atoms with Gasteiger partial charge >= 0.3 is 0 Å². The lowest BCUT2D eigenvalue weighted by atomic mass is 10.00. The fourth-order valence-corrected chi connectivity index (χ4v) is 3.01. The van der Waals surface area contributed by atoms with Crippen LogP contribution < -0.4 is 10.5 Å². The molecule has 1 aliphatic rings. The van der Waals surface area contributed by atoms with Crippen molar-refractivity contribution >= 4 is 29.1 Å². The summed E-state index contributed by atoms with van der Waals surface area (Å²) in [6.07, 6.45) is 1.72. The minimum absolute atomic E-state index is 0. The number of fused-ring (bicyclic) bond motifs is 1. The van der Waals surface area contributed by atoms with Crippen molar-refractivity contribution in [2.45, 2.75) is 25.8 Å². The molecule has 0 aliphatic carbocycles. The van der Waals surface area contributed by atoms with E-state index < -0.39 is 0 Å². The van der Waals surface area contributed by atoms with Gasteiger partial charge in [-0.25, -0.2) is 0 Å². The van der Waals surface area contributed by atoms with Crippen LogP contribution in [0.25, 0.3) is 10.8 Å². The van der Waals surface area contributed by atoms with Crippen LogP contribution in [-0.4, -0.2) is 36.5 Å². The van der Waals surface area contributed by atoms with Crippen molar-refractivity contribution in [1.29, 1.82) is 0 Å². The lowest BCUT2D eigenvalue weighted by Crippen LogP contribution is -2.43. The van der Waals surface area contributed by atoms with Gasteiger partial charge in [-0.2, -0.15) is 0 Å². The van der Waals surface area contributed by atoms with Crippen LogP contribution >= 0.6 is 12.4 Å². The van der Waals surface area contributed by atoms with Crippen LogP contribution in [0.15, 0.2) is 36.4 Å². The van der Waals surface area contributed by atoms with Gasteiger partial charge in [0, 0.05) is 19.1 Å². The number of ether oxygens (including phenoxy) is 1. The second-order valence-corrected chi connectivity index (χ2v) is 5.72. The molecule has 0 bridgehead atoms. The molecule has 0 saturated carbocycles. The molecule has 23 heavy (non-hydrogen) atoms. The predicted octanol–water partition coefficient (Wildman–Crippen LogP) is 3.22. The molecule has 0 unspecified atom stereocenters. The maximum atomic E-state index is 13.0. The van der Waals surface area contributed by atoms with E-state index in [0.717, 1.165) is 36.7 Å². The number of nitrogens with zero attached hydrogens (tertiary/aromatic N) is 1. The number of hydrogen-bond donors (Lipinski definition) is 1. The number of hydrogen-bond acceptors (Lipinski definition) is 3. The number of benzene rings is 2. The summed E-state index contributed by atoms with van der Waals surface area (Å²) >= 11 is 0. The largest absolute Gasteiger partial charge is 0.493 e. The molecule has 124 valence electrons. The molecule has 0 atom stereocenters. The summed E-state index contributed by atoms with van der Waals surface area (Å²) in [7, 11) is 0. The summed E-state index contributed by atoms with van der Waals surface area (Å²) < 4.78 is 5.71. The van der Waals surface area contributed by atoms with Crippen molar-refractivity contribution in [2.24, 2.45) is 5.73 Å². The molecule has 1 amide bonds. The van der Waals surface area contributed by atoms with E-state index >= 15 is 0 Å². The Labute approximate surface area is 143 Å². The average molecular weight is 335 g/mol. The number of likely N-dealkylation sites (tertiary alicyclic amines) is 1. The Hall–Kier alpha value is -1.78. The van der Waals surface area contributed by atoms with Crippen molar-refractivity contribution in [3.8, 4) is 5.75 Å². The van der Waals surface area contributed by atoms with Crippen molar-refractivity contribution in [3.05, 3.63) is 42.0 Å². The fraction of sp³-hybridized carbons (Fsp3) is 0.389. The third kappa shape index (κ3) is 3.59. The van der Waals surface area contributed by atoms with Crippen molar-refractivity contribution in [1.82, 2.24) is 4.90 Å². The van der Waals surface area contributed by atoms with Gasteiger partial charge in [0.1, 0.15) is 5.75 Å². The second kappa shape index (κ2) is 7.66. The molecule has 0 spiro atoms. The first-order valence-corrected chi connectivity index (χ1v) is 7.90. The zero-order chi connectivity index (χ0) is 15.5. The van der Waals surface area contributed by atoms with Crippen LogP contribution in [0.5, 0.6) is 5.75 Å². The molecule has 1 fully saturated rings. The summed E-state index contributed by atoms with van der Waals surface area (Å²) in [5.41, 5.74) is 6.62. The van der Waals surface area contributed by atoms with E-state index in [1.807, 2.05) is 48.2 Å². The Morgan fingerprint density at radius 2 is 1.91 bits per heavy atom. The number of rotatable bonds is 3. The van der Waals surface area contributed by atoms with Crippen LogP contribution in [-0.2, 0) is 0 Å². The number of carbonyl (C=O) groups excluding carboxylic acids is 1. The Kier molecular flexibility index (Phi) is 5.85. The quantitative estimate of drug-likeness (QED) is 0.937. The average Bonchev–Trinajstić information content (AvgIpc) is 2.55. The number of amides is 1. The number of nitrogens with two attached hydrogens (primary N) is 1. The van der Waals surface area contributed by atoms with Gasteiger partial charge in [0.2, 0.25) is 0 Å². The normalized spacial score (nSPS) is 15.3. The molecular weight excluding hydrogens is 312 g/mol. The van der Waals surface area contributed by atoms with Crippen molar-refractivity contribution in [3.63, 3.8) is 0 Å². The van der Waals surface area contributed by atoms with Crippen LogP contribution in [0, 0.1) is 0 Å². The maximum Gasteiger partial charge on any atom is 0.258 e. The van der Waals surface area contributed by atoms with Crippen molar-refractivity contribution < 1.29 is 9.53 Å². The summed E-state index contributed by atoms with van der Waals surface area (Å²) in [4.78, 5) is 14.9. The highest BCUT2D eigenvalue weighted by Crippen LogP contribution is 2.30. The highest BCUT2D eigenvalue weighted by atomic mass is 35.5. The Morgan fingerprint density at radius 1 is 1.22 bits per heavy atom. The second-order valence-electron chi connectivity index (χ2n) is 5.72. The van der Waals surface area contributed by atoms with E-state index in [-0.39, 0.29) is 24.4 Å². The van der Waals surface area contributed by atoms with Gasteiger partial charge < -0.3 is 15.4 Å². The van der Waals surface area contributed by atoms with Crippen LogP contribution in [0.1, 0.15) is 30.1 Å². The molecule has 2 aromatic carbocycles. The van der Waals surface area contributed by atoms with Gasteiger partial charge in [-0.3, -0.25) is 4.79 Å². The minimum Gasteiger partial charge on any atom is -0.493 e. The molecule has 1 heterocycles. The molecule has 2 N–H and O–H groups in total. The molecule has 0 radical (unpaired) electrons. The summed E-state index contributed by atoms with van der Waals surface area (Å²) in [5, 5.41) is 2.01.